The maximum absolute atomic E-state index is 5.30. The Morgan fingerprint density at radius 2 is 2.08 bits per heavy atom. The fraction of sp³-hybridized carbons (Fsp3) is 0.833. The molecule has 78 valence electrons. The van der Waals surface area contributed by atoms with Crippen LogP contribution >= 0.6 is 0 Å². The lowest BCUT2D eigenvalue weighted by Gasteiger charge is -2.07. The summed E-state index contributed by atoms with van der Waals surface area (Å²) in [7, 11) is 0. The number of ether oxygens (including phenoxy) is 1. The van der Waals surface area contributed by atoms with E-state index in [0.717, 1.165) is 12.5 Å². The molecule has 0 aliphatic carbocycles. The van der Waals surface area contributed by atoms with Crippen LogP contribution < -0.4 is 0 Å². The van der Waals surface area contributed by atoms with E-state index in [0.29, 0.717) is 6.61 Å². The van der Waals surface area contributed by atoms with E-state index < -0.39 is 0 Å². The van der Waals surface area contributed by atoms with E-state index in [-0.39, 0.29) is 0 Å². The van der Waals surface area contributed by atoms with Gasteiger partial charge in [-0.15, -0.1) is 6.58 Å². The van der Waals surface area contributed by atoms with Crippen molar-refractivity contribution < 1.29 is 4.74 Å². The molecule has 0 fully saturated rings. The second-order valence-electron chi connectivity index (χ2n) is 3.73. The number of rotatable bonds is 9. The van der Waals surface area contributed by atoms with Crippen molar-refractivity contribution in [1.29, 1.82) is 0 Å². The highest BCUT2D eigenvalue weighted by atomic mass is 16.5. The third-order valence-electron chi connectivity index (χ3n) is 2.42. The summed E-state index contributed by atoms with van der Waals surface area (Å²) in [6.45, 7) is 9.79. The molecule has 0 bridgehead atoms. The average molecular weight is 184 g/mol. The molecule has 13 heavy (non-hydrogen) atoms. The van der Waals surface area contributed by atoms with Crippen LogP contribution in [0.2, 0.25) is 0 Å². The van der Waals surface area contributed by atoms with Gasteiger partial charge in [0.05, 0.1) is 6.61 Å². The standard InChI is InChI=1S/C12H24O/c1-4-10-13-11-8-6-7-9-12(3)5-2/h4,12H,1,5-11H2,2-3H3/t12-/m0/s1. The molecule has 0 spiro atoms. The molecule has 0 amide bonds. The van der Waals surface area contributed by atoms with Crippen molar-refractivity contribution in [3.63, 3.8) is 0 Å². The Labute approximate surface area is 83.2 Å². The van der Waals surface area contributed by atoms with E-state index in [9.17, 15) is 0 Å². The van der Waals surface area contributed by atoms with Gasteiger partial charge in [0, 0.05) is 6.61 Å². The molecular formula is C12H24O. The molecule has 1 heteroatoms. The van der Waals surface area contributed by atoms with Crippen LogP contribution in [0.4, 0.5) is 0 Å². The van der Waals surface area contributed by atoms with Gasteiger partial charge in [-0.2, -0.15) is 0 Å². The molecule has 0 aromatic rings. The Hall–Kier alpha value is -0.300. The van der Waals surface area contributed by atoms with E-state index in [4.69, 9.17) is 4.74 Å². The van der Waals surface area contributed by atoms with Gasteiger partial charge in [-0.05, 0) is 12.3 Å². The zero-order chi connectivity index (χ0) is 9.94. The minimum absolute atomic E-state index is 0.700. The Balaban J connectivity index is 2.95. The SMILES string of the molecule is C=CCOCCCCC[C@@H](C)CC. The molecule has 1 nitrogen and oxygen atoms in total. The van der Waals surface area contributed by atoms with Crippen molar-refractivity contribution in [1.82, 2.24) is 0 Å². The largest absolute Gasteiger partial charge is 0.377 e. The topological polar surface area (TPSA) is 9.23 Å². The van der Waals surface area contributed by atoms with Crippen LogP contribution in [0.15, 0.2) is 12.7 Å². The first kappa shape index (κ1) is 12.7. The Morgan fingerprint density at radius 3 is 2.69 bits per heavy atom. The Kier molecular flexibility index (Phi) is 9.56. The summed E-state index contributed by atoms with van der Waals surface area (Å²) in [5.74, 6) is 0.897. The molecule has 0 N–H and O–H groups in total. The second-order valence-corrected chi connectivity index (χ2v) is 3.73. The molecular weight excluding hydrogens is 160 g/mol. The van der Waals surface area contributed by atoms with Crippen molar-refractivity contribution >= 4 is 0 Å². The number of hydrogen-bond acceptors (Lipinski definition) is 1. The van der Waals surface area contributed by atoms with Crippen LogP contribution in [0.1, 0.15) is 46.0 Å². The predicted molar refractivity (Wildman–Crippen MR) is 58.9 cm³/mol. The van der Waals surface area contributed by atoms with Gasteiger partial charge in [0.2, 0.25) is 0 Å². The predicted octanol–water partition coefficient (Wildman–Crippen LogP) is 3.80. The molecule has 0 rings (SSSR count). The first-order valence-corrected chi connectivity index (χ1v) is 5.49. The highest BCUT2D eigenvalue weighted by Crippen LogP contribution is 2.11. The monoisotopic (exact) mass is 184 g/mol. The third kappa shape index (κ3) is 9.62. The molecule has 0 saturated carbocycles. The van der Waals surface area contributed by atoms with E-state index in [1.54, 1.807) is 6.08 Å². The summed E-state index contributed by atoms with van der Waals surface area (Å²) in [5.41, 5.74) is 0. The summed E-state index contributed by atoms with van der Waals surface area (Å²) < 4.78 is 5.30. The smallest absolute Gasteiger partial charge is 0.0644 e. The van der Waals surface area contributed by atoms with Crippen molar-refractivity contribution in [2.45, 2.75) is 46.0 Å². The first-order chi connectivity index (χ1) is 6.31. The van der Waals surface area contributed by atoms with Crippen LogP contribution in [-0.4, -0.2) is 13.2 Å². The average Bonchev–Trinajstić information content (AvgIpc) is 2.16. The second kappa shape index (κ2) is 9.79. The van der Waals surface area contributed by atoms with Gasteiger partial charge in [0.1, 0.15) is 0 Å². The number of hydrogen-bond donors (Lipinski definition) is 0. The lowest BCUT2D eigenvalue weighted by Crippen LogP contribution is -1.96. The fourth-order valence-electron chi connectivity index (χ4n) is 1.24. The summed E-state index contributed by atoms with van der Waals surface area (Å²) in [6.07, 6.45) is 8.35. The van der Waals surface area contributed by atoms with Crippen LogP contribution in [-0.2, 0) is 4.74 Å². The van der Waals surface area contributed by atoms with Crippen molar-refractivity contribution in [3.05, 3.63) is 12.7 Å². The number of unbranched alkanes of at least 4 members (excludes halogenated alkanes) is 2. The van der Waals surface area contributed by atoms with Gasteiger partial charge in [0.15, 0.2) is 0 Å². The third-order valence-corrected chi connectivity index (χ3v) is 2.42. The molecule has 0 aliphatic rings. The van der Waals surface area contributed by atoms with E-state index in [1.807, 2.05) is 0 Å². The fourth-order valence-corrected chi connectivity index (χ4v) is 1.24. The minimum Gasteiger partial charge on any atom is -0.377 e. The molecule has 0 saturated heterocycles. The van der Waals surface area contributed by atoms with Crippen molar-refractivity contribution in [2.24, 2.45) is 5.92 Å². The lowest BCUT2D eigenvalue weighted by molar-refractivity contribution is 0.157. The van der Waals surface area contributed by atoms with Crippen molar-refractivity contribution in [2.75, 3.05) is 13.2 Å². The van der Waals surface area contributed by atoms with Gasteiger partial charge >= 0.3 is 0 Å². The molecule has 1 atom stereocenters. The van der Waals surface area contributed by atoms with Crippen LogP contribution in [0.25, 0.3) is 0 Å². The Bertz CT molecular complexity index is 110. The van der Waals surface area contributed by atoms with Gasteiger partial charge in [-0.25, -0.2) is 0 Å². The minimum atomic E-state index is 0.700. The molecule has 0 aliphatic heterocycles. The quantitative estimate of drug-likeness (QED) is 0.391. The molecule has 0 aromatic heterocycles. The molecule has 0 heterocycles. The first-order valence-electron chi connectivity index (χ1n) is 5.49. The van der Waals surface area contributed by atoms with E-state index in [2.05, 4.69) is 20.4 Å². The molecule has 0 unspecified atom stereocenters. The zero-order valence-corrected chi connectivity index (χ0v) is 9.22. The van der Waals surface area contributed by atoms with E-state index in [1.165, 1.54) is 32.1 Å². The highest BCUT2D eigenvalue weighted by molar-refractivity contribution is 4.63. The maximum Gasteiger partial charge on any atom is 0.0644 e. The molecule has 0 radical (unpaired) electrons. The summed E-state index contributed by atoms with van der Waals surface area (Å²) in [6, 6.07) is 0. The van der Waals surface area contributed by atoms with Crippen LogP contribution in [0, 0.1) is 5.92 Å². The maximum atomic E-state index is 5.30. The summed E-state index contributed by atoms with van der Waals surface area (Å²) >= 11 is 0. The Morgan fingerprint density at radius 1 is 1.31 bits per heavy atom. The lowest BCUT2D eigenvalue weighted by atomic mass is 10.0. The summed E-state index contributed by atoms with van der Waals surface area (Å²) in [5, 5.41) is 0. The molecule has 0 aromatic carbocycles. The highest BCUT2D eigenvalue weighted by Gasteiger charge is 1.97. The van der Waals surface area contributed by atoms with Gasteiger partial charge in [0.25, 0.3) is 0 Å². The van der Waals surface area contributed by atoms with Gasteiger partial charge in [-0.1, -0.05) is 45.6 Å². The van der Waals surface area contributed by atoms with Crippen LogP contribution in [0.5, 0.6) is 0 Å². The van der Waals surface area contributed by atoms with E-state index >= 15 is 0 Å². The van der Waals surface area contributed by atoms with Crippen LogP contribution in [0.3, 0.4) is 0 Å². The van der Waals surface area contributed by atoms with Gasteiger partial charge in [-0.3, -0.25) is 0 Å². The normalized spacial score (nSPS) is 12.8. The summed E-state index contributed by atoms with van der Waals surface area (Å²) in [4.78, 5) is 0. The van der Waals surface area contributed by atoms with Gasteiger partial charge < -0.3 is 4.74 Å². The zero-order valence-electron chi connectivity index (χ0n) is 9.22. The van der Waals surface area contributed by atoms with Crippen molar-refractivity contribution in [3.8, 4) is 0 Å².